The van der Waals surface area contributed by atoms with Crippen LogP contribution in [-0.4, -0.2) is 42.7 Å². The summed E-state index contributed by atoms with van der Waals surface area (Å²) in [6.07, 6.45) is 3.80. The number of carbonyl (C=O) groups is 1. The molecule has 132 valence electrons. The summed E-state index contributed by atoms with van der Waals surface area (Å²) in [6, 6.07) is 6.01. The molecule has 3 heterocycles. The second kappa shape index (κ2) is 6.34. The molecule has 2 aromatic heterocycles. The number of phenolic OH excluding ortho intramolecular Hbond substituents is 2. The highest BCUT2D eigenvalue weighted by molar-refractivity contribution is 6.32. The van der Waals surface area contributed by atoms with Crippen LogP contribution in [0.5, 0.6) is 11.5 Å². The molecule has 0 fully saturated rings. The highest BCUT2D eigenvalue weighted by atomic mass is 35.5. The van der Waals surface area contributed by atoms with Gasteiger partial charge in [0, 0.05) is 60.4 Å². The second-order valence-corrected chi connectivity index (χ2v) is 6.47. The van der Waals surface area contributed by atoms with Crippen molar-refractivity contribution in [2.24, 2.45) is 0 Å². The predicted octanol–water partition coefficient (Wildman–Crippen LogP) is 2.73. The van der Waals surface area contributed by atoms with E-state index in [2.05, 4.69) is 15.2 Å². The Kier molecular flexibility index (Phi) is 4.00. The standard InChI is InChI=1S/C18H15ClN4O3/c19-13-7-11(15(24)8-16(13)25)17-12-9-23(6-3-14(12)21-22-17)18(26)10-1-4-20-5-2-10/h1-2,4-5,7-8,24-25H,3,6,9H2,(H,21,22). The molecule has 7 nitrogen and oxygen atoms in total. The number of hydrogen-bond donors (Lipinski definition) is 3. The summed E-state index contributed by atoms with van der Waals surface area (Å²) in [7, 11) is 0. The Bertz CT molecular complexity index is 988. The zero-order valence-electron chi connectivity index (χ0n) is 13.6. The number of benzene rings is 1. The number of aromatic nitrogens is 3. The van der Waals surface area contributed by atoms with E-state index in [0.29, 0.717) is 36.3 Å². The van der Waals surface area contributed by atoms with Crippen molar-refractivity contribution in [3.8, 4) is 22.8 Å². The van der Waals surface area contributed by atoms with Crippen LogP contribution in [0.4, 0.5) is 0 Å². The first-order valence-electron chi connectivity index (χ1n) is 8.02. The fourth-order valence-electron chi connectivity index (χ4n) is 3.11. The number of carbonyl (C=O) groups excluding carboxylic acids is 1. The highest BCUT2D eigenvalue weighted by Gasteiger charge is 2.27. The van der Waals surface area contributed by atoms with Crippen LogP contribution in [0.2, 0.25) is 5.02 Å². The fraction of sp³-hybridized carbons (Fsp3) is 0.167. The Morgan fingerprint density at radius 1 is 1.19 bits per heavy atom. The van der Waals surface area contributed by atoms with Crippen LogP contribution < -0.4 is 0 Å². The number of hydrogen-bond acceptors (Lipinski definition) is 5. The average Bonchev–Trinajstić information content (AvgIpc) is 3.08. The van der Waals surface area contributed by atoms with Gasteiger partial charge >= 0.3 is 0 Å². The van der Waals surface area contributed by atoms with Crippen molar-refractivity contribution >= 4 is 17.5 Å². The molecule has 0 saturated heterocycles. The minimum atomic E-state index is -0.202. The van der Waals surface area contributed by atoms with Crippen molar-refractivity contribution in [3.05, 3.63) is 58.5 Å². The minimum Gasteiger partial charge on any atom is -0.507 e. The number of pyridine rings is 1. The van der Waals surface area contributed by atoms with E-state index in [1.54, 1.807) is 29.4 Å². The number of rotatable bonds is 2. The summed E-state index contributed by atoms with van der Waals surface area (Å²) in [5.41, 5.74) is 3.25. The summed E-state index contributed by atoms with van der Waals surface area (Å²) in [4.78, 5) is 18.4. The molecule has 0 spiro atoms. The van der Waals surface area contributed by atoms with Gasteiger partial charge in [0.15, 0.2) is 0 Å². The lowest BCUT2D eigenvalue weighted by molar-refractivity contribution is 0.0734. The van der Waals surface area contributed by atoms with Gasteiger partial charge in [-0.3, -0.25) is 14.9 Å². The molecular weight excluding hydrogens is 356 g/mol. The summed E-state index contributed by atoms with van der Waals surface area (Å²) < 4.78 is 0. The van der Waals surface area contributed by atoms with E-state index in [1.807, 2.05) is 0 Å². The number of aromatic hydroxyl groups is 2. The number of nitrogens with one attached hydrogen (secondary N) is 1. The van der Waals surface area contributed by atoms with E-state index in [-0.39, 0.29) is 22.4 Å². The molecule has 3 N–H and O–H groups in total. The van der Waals surface area contributed by atoms with Gasteiger partial charge < -0.3 is 15.1 Å². The van der Waals surface area contributed by atoms with Gasteiger partial charge in [-0.25, -0.2) is 0 Å². The second-order valence-electron chi connectivity index (χ2n) is 6.06. The molecule has 1 aromatic carbocycles. The van der Waals surface area contributed by atoms with E-state index < -0.39 is 0 Å². The molecule has 0 radical (unpaired) electrons. The summed E-state index contributed by atoms with van der Waals surface area (Å²) in [6.45, 7) is 0.929. The van der Waals surface area contributed by atoms with Crippen LogP contribution in [0.25, 0.3) is 11.3 Å². The zero-order valence-corrected chi connectivity index (χ0v) is 14.4. The third-order valence-corrected chi connectivity index (χ3v) is 4.77. The molecule has 3 aromatic rings. The van der Waals surface area contributed by atoms with Gasteiger partial charge in [0.2, 0.25) is 0 Å². The molecule has 8 heteroatoms. The molecule has 4 rings (SSSR count). The molecule has 0 bridgehead atoms. The van der Waals surface area contributed by atoms with E-state index in [0.717, 1.165) is 11.3 Å². The van der Waals surface area contributed by atoms with Gasteiger partial charge in [0.25, 0.3) is 5.91 Å². The number of H-pyrrole nitrogens is 1. The van der Waals surface area contributed by atoms with Gasteiger partial charge in [-0.2, -0.15) is 5.10 Å². The third-order valence-electron chi connectivity index (χ3n) is 4.47. The first-order valence-corrected chi connectivity index (χ1v) is 8.39. The number of amides is 1. The van der Waals surface area contributed by atoms with Gasteiger partial charge in [-0.05, 0) is 18.2 Å². The summed E-state index contributed by atoms with van der Waals surface area (Å²) in [5.74, 6) is -0.413. The maximum atomic E-state index is 12.7. The molecule has 1 amide bonds. The minimum absolute atomic E-state index is 0.0850. The Morgan fingerprint density at radius 3 is 2.73 bits per heavy atom. The van der Waals surface area contributed by atoms with Crippen LogP contribution in [0.3, 0.4) is 0 Å². The number of phenols is 2. The van der Waals surface area contributed by atoms with Crippen LogP contribution in [0, 0.1) is 0 Å². The van der Waals surface area contributed by atoms with Crippen LogP contribution in [0.15, 0.2) is 36.7 Å². The molecule has 0 aliphatic carbocycles. The number of nitrogens with zero attached hydrogens (tertiary/aromatic N) is 3. The normalized spacial score (nSPS) is 13.5. The van der Waals surface area contributed by atoms with E-state index in [9.17, 15) is 15.0 Å². The lowest BCUT2D eigenvalue weighted by atomic mass is 9.99. The number of aromatic amines is 1. The van der Waals surface area contributed by atoms with Crippen LogP contribution >= 0.6 is 11.6 Å². The Labute approximate surface area is 153 Å². The Hall–Kier alpha value is -3.06. The van der Waals surface area contributed by atoms with Gasteiger partial charge in [0.1, 0.15) is 17.2 Å². The van der Waals surface area contributed by atoms with Crippen molar-refractivity contribution in [2.45, 2.75) is 13.0 Å². The van der Waals surface area contributed by atoms with Crippen molar-refractivity contribution in [1.29, 1.82) is 0 Å². The Morgan fingerprint density at radius 2 is 1.96 bits per heavy atom. The molecule has 0 unspecified atom stereocenters. The average molecular weight is 371 g/mol. The predicted molar refractivity (Wildman–Crippen MR) is 95.0 cm³/mol. The molecule has 1 aliphatic rings. The molecule has 1 aliphatic heterocycles. The maximum absolute atomic E-state index is 12.7. The van der Waals surface area contributed by atoms with E-state index >= 15 is 0 Å². The van der Waals surface area contributed by atoms with Crippen molar-refractivity contribution in [2.75, 3.05) is 6.54 Å². The van der Waals surface area contributed by atoms with Crippen molar-refractivity contribution < 1.29 is 15.0 Å². The van der Waals surface area contributed by atoms with Gasteiger partial charge in [-0.1, -0.05) is 11.6 Å². The molecule has 26 heavy (non-hydrogen) atoms. The van der Waals surface area contributed by atoms with Crippen molar-refractivity contribution in [1.82, 2.24) is 20.1 Å². The smallest absolute Gasteiger partial charge is 0.254 e. The quantitative estimate of drug-likeness (QED) is 0.643. The lowest BCUT2D eigenvalue weighted by Crippen LogP contribution is -2.35. The van der Waals surface area contributed by atoms with Crippen LogP contribution in [-0.2, 0) is 13.0 Å². The van der Waals surface area contributed by atoms with E-state index in [1.165, 1.54) is 12.1 Å². The fourth-order valence-corrected chi connectivity index (χ4v) is 3.27. The molecular formula is C18H15ClN4O3. The monoisotopic (exact) mass is 370 g/mol. The zero-order chi connectivity index (χ0) is 18.3. The third kappa shape index (κ3) is 2.76. The summed E-state index contributed by atoms with van der Waals surface area (Å²) >= 11 is 5.98. The van der Waals surface area contributed by atoms with Crippen molar-refractivity contribution in [3.63, 3.8) is 0 Å². The first kappa shape index (κ1) is 16.4. The number of halogens is 1. The van der Waals surface area contributed by atoms with Gasteiger partial charge in [0.05, 0.1) is 5.02 Å². The van der Waals surface area contributed by atoms with E-state index in [4.69, 9.17) is 11.6 Å². The number of fused-ring (bicyclic) bond motifs is 1. The largest absolute Gasteiger partial charge is 0.507 e. The SMILES string of the molecule is O=C(c1ccncc1)N1CCc2[nH]nc(-c3cc(Cl)c(O)cc3O)c2C1. The summed E-state index contributed by atoms with van der Waals surface area (Å²) in [5, 5.41) is 27.2. The first-order chi connectivity index (χ1) is 12.5. The molecule has 0 atom stereocenters. The molecule has 0 saturated carbocycles. The van der Waals surface area contributed by atoms with Crippen LogP contribution in [0.1, 0.15) is 21.6 Å². The Balaban J connectivity index is 1.69. The maximum Gasteiger partial charge on any atom is 0.254 e. The van der Waals surface area contributed by atoms with Gasteiger partial charge in [-0.15, -0.1) is 0 Å². The topological polar surface area (TPSA) is 102 Å². The highest BCUT2D eigenvalue weighted by Crippen LogP contribution is 2.39. The lowest BCUT2D eigenvalue weighted by Gasteiger charge is -2.27.